The summed E-state index contributed by atoms with van der Waals surface area (Å²) >= 11 is 0. The molecule has 15 heavy (non-hydrogen) atoms. The van der Waals surface area contributed by atoms with Gasteiger partial charge in [-0.3, -0.25) is 14.9 Å². The van der Waals surface area contributed by atoms with Crippen LogP contribution in [0.25, 0.3) is 0 Å². The molecule has 0 aromatic carbocycles. The Balaban J connectivity index is 4.48. The second kappa shape index (κ2) is 6.56. The number of carboxylic acid groups (broad SMARTS) is 1. The molecule has 0 aliphatic carbocycles. The van der Waals surface area contributed by atoms with E-state index in [1.807, 2.05) is 20.8 Å². The van der Waals surface area contributed by atoms with Crippen molar-refractivity contribution < 1.29 is 14.7 Å². The van der Waals surface area contributed by atoms with Gasteiger partial charge in [-0.2, -0.15) is 0 Å². The maximum absolute atomic E-state index is 11.8. The third-order valence-electron chi connectivity index (χ3n) is 2.24. The molecule has 0 rings (SSSR count). The number of carbonyl (C=O) groups excluding carboxylic acids is 1. The van der Waals surface area contributed by atoms with E-state index in [2.05, 4.69) is 5.32 Å². The molecule has 0 heterocycles. The van der Waals surface area contributed by atoms with Gasteiger partial charge in [0.05, 0.1) is 0 Å². The predicted octanol–water partition coefficient (Wildman–Crippen LogP) is 1.44. The number of nitrogens with one attached hydrogen (secondary N) is 1. The molecule has 2 unspecified atom stereocenters. The summed E-state index contributed by atoms with van der Waals surface area (Å²) in [6, 6.07) is -1.07. The fourth-order valence-electron chi connectivity index (χ4n) is 1.47. The Morgan fingerprint density at radius 3 is 2.13 bits per heavy atom. The van der Waals surface area contributed by atoms with E-state index in [0.29, 0.717) is 0 Å². The van der Waals surface area contributed by atoms with Crippen LogP contribution in [0.3, 0.4) is 0 Å². The van der Waals surface area contributed by atoms with Gasteiger partial charge >= 0.3 is 5.97 Å². The summed E-state index contributed by atoms with van der Waals surface area (Å²) in [6.07, 6.45) is 1.63. The van der Waals surface area contributed by atoms with Gasteiger partial charge in [-0.25, -0.2) is 0 Å². The second-order valence-electron chi connectivity index (χ2n) is 4.18. The minimum absolute atomic E-state index is 0.0103. The van der Waals surface area contributed by atoms with E-state index >= 15 is 0 Å². The van der Waals surface area contributed by atoms with Crippen LogP contribution >= 0.6 is 0 Å². The largest absolute Gasteiger partial charge is 0.480 e. The first-order valence-electron chi connectivity index (χ1n) is 5.42. The lowest BCUT2D eigenvalue weighted by Crippen LogP contribution is -2.48. The molecule has 0 spiro atoms. The van der Waals surface area contributed by atoms with Gasteiger partial charge < -0.3 is 5.11 Å². The van der Waals surface area contributed by atoms with Gasteiger partial charge in [0.15, 0.2) is 11.8 Å². The molecule has 0 aliphatic heterocycles. The van der Waals surface area contributed by atoms with Crippen molar-refractivity contribution in [3.05, 3.63) is 0 Å². The van der Waals surface area contributed by atoms with Crippen LogP contribution in [0.1, 0.15) is 40.5 Å². The van der Waals surface area contributed by atoms with Gasteiger partial charge in [0.1, 0.15) is 0 Å². The number of carboxylic acids is 1. The molecule has 0 aromatic rings. The Bertz CT molecular complexity index is 226. The second-order valence-corrected chi connectivity index (χ2v) is 4.18. The van der Waals surface area contributed by atoms with Gasteiger partial charge in [-0.1, -0.05) is 20.3 Å². The Labute approximate surface area is 91.1 Å². The van der Waals surface area contributed by atoms with Gasteiger partial charge in [0.25, 0.3) is 0 Å². The van der Waals surface area contributed by atoms with Crippen LogP contribution in [0.4, 0.5) is 0 Å². The third kappa shape index (κ3) is 4.93. The molecule has 0 saturated heterocycles. The highest BCUT2D eigenvalue weighted by molar-refractivity contribution is 6.03. The lowest BCUT2D eigenvalue weighted by Gasteiger charge is -2.19. The fourth-order valence-corrected chi connectivity index (χ4v) is 1.47. The zero-order valence-corrected chi connectivity index (χ0v) is 9.91. The van der Waals surface area contributed by atoms with Crippen LogP contribution in [0, 0.1) is 5.92 Å². The zero-order valence-electron chi connectivity index (χ0n) is 9.91. The molecule has 0 saturated carbocycles. The third-order valence-corrected chi connectivity index (χ3v) is 2.24. The SMILES string of the molecule is CCCC(C)C(=O)C(NC(C)C)C(=O)O. The van der Waals surface area contributed by atoms with Crippen molar-refractivity contribution in [2.24, 2.45) is 5.92 Å². The van der Waals surface area contributed by atoms with E-state index in [-0.39, 0.29) is 17.7 Å². The van der Waals surface area contributed by atoms with Gasteiger partial charge in [-0.15, -0.1) is 0 Å². The summed E-state index contributed by atoms with van der Waals surface area (Å²) in [5, 5.41) is 11.7. The first-order chi connectivity index (χ1) is 6.90. The molecular weight excluding hydrogens is 194 g/mol. The van der Waals surface area contributed by atoms with E-state index in [1.165, 1.54) is 0 Å². The number of aliphatic carboxylic acids is 1. The summed E-state index contributed by atoms with van der Waals surface area (Å²) in [6.45, 7) is 7.42. The summed E-state index contributed by atoms with van der Waals surface area (Å²) in [4.78, 5) is 22.7. The van der Waals surface area contributed by atoms with Gasteiger partial charge in [-0.05, 0) is 20.3 Å². The summed E-state index contributed by atoms with van der Waals surface area (Å²) in [5.41, 5.74) is 0. The molecule has 88 valence electrons. The number of rotatable bonds is 7. The Kier molecular flexibility index (Phi) is 6.17. The molecule has 0 amide bonds. The average molecular weight is 215 g/mol. The van der Waals surface area contributed by atoms with E-state index in [0.717, 1.165) is 12.8 Å². The van der Waals surface area contributed by atoms with E-state index in [4.69, 9.17) is 5.11 Å². The minimum atomic E-state index is -1.09. The standard InChI is InChI=1S/C11H21NO3/c1-5-6-8(4)10(13)9(11(14)15)12-7(2)3/h7-9,12H,5-6H2,1-4H3,(H,14,15). The first kappa shape index (κ1) is 14.1. The maximum Gasteiger partial charge on any atom is 0.328 e. The Hall–Kier alpha value is -0.900. The molecule has 0 fully saturated rings. The molecule has 4 nitrogen and oxygen atoms in total. The van der Waals surface area contributed by atoms with E-state index < -0.39 is 12.0 Å². The smallest absolute Gasteiger partial charge is 0.328 e. The molecular formula is C11H21NO3. The summed E-state index contributed by atoms with van der Waals surface area (Å²) in [5.74, 6) is -1.50. The normalized spacial score (nSPS) is 15.0. The van der Waals surface area contributed by atoms with Gasteiger partial charge in [0, 0.05) is 12.0 Å². The molecule has 2 N–H and O–H groups in total. The number of hydrogen-bond donors (Lipinski definition) is 2. The van der Waals surface area contributed by atoms with Gasteiger partial charge in [0.2, 0.25) is 0 Å². The fraction of sp³-hybridized carbons (Fsp3) is 0.818. The van der Waals surface area contributed by atoms with E-state index in [1.54, 1.807) is 6.92 Å². The molecule has 2 atom stereocenters. The van der Waals surface area contributed by atoms with Crippen LogP contribution in [-0.2, 0) is 9.59 Å². The van der Waals surface area contributed by atoms with Crippen molar-refractivity contribution in [3.63, 3.8) is 0 Å². The van der Waals surface area contributed by atoms with Crippen molar-refractivity contribution in [2.75, 3.05) is 0 Å². The minimum Gasteiger partial charge on any atom is -0.480 e. The number of carbonyl (C=O) groups is 2. The van der Waals surface area contributed by atoms with E-state index in [9.17, 15) is 9.59 Å². The lowest BCUT2D eigenvalue weighted by molar-refractivity contribution is -0.144. The highest BCUT2D eigenvalue weighted by Gasteiger charge is 2.29. The van der Waals surface area contributed by atoms with Crippen molar-refractivity contribution in [1.29, 1.82) is 0 Å². The molecule has 4 heteroatoms. The Morgan fingerprint density at radius 2 is 1.80 bits per heavy atom. The maximum atomic E-state index is 11.8. The van der Waals surface area contributed by atoms with Crippen molar-refractivity contribution >= 4 is 11.8 Å². The average Bonchev–Trinajstić information content (AvgIpc) is 2.12. The summed E-state index contributed by atoms with van der Waals surface area (Å²) in [7, 11) is 0. The van der Waals surface area contributed by atoms with Crippen LogP contribution in [0.2, 0.25) is 0 Å². The van der Waals surface area contributed by atoms with Crippen LogP contribution in [-0.4, -0.2) is 28.9 Å². The van der Waals surface area contributed by atoms with Crippen LogP contribution < -0.4 is 5.32 Å². The topological polar surface area (TPSA) is 66.4 Å². The predicted molar refractivity (Wildman–Crippen MR) is 58.8 cm³/mol. The summed E-state index contributed by atoms with van der Waals surface area (Å²) < 4.78 is 0. The molecule has 0 aromatic heterocycles. The zero-order chi connectivity index (χ0) is 12.0. The van der Waals surface area contributed by atoms with Crippen molar-refractivity contribution in [1.82, 2.24) is 5.32 Å². The van der Waals surface area contributed by atoms with Crippen molar-refractivity contribution in [3.8, 4) is 0 Å². The Morgan fingerprint density at radius 1 is 1.27 bits per heavy atom. The highest BCUT2D eigenvalue weighted by Crippen LogP contribution is 2.09. The molecule has 0 radical (unpaired) electrons. The lowest BCUT2D eigenvalue weighted by atomic mass is 9.95. The molecule has 0 aliphatic rings. The highest BCUT2D eigenvalue weighted by atomic mass is 16.4. The first-order valence-corrected chi connectivity index (χ1v) is 5.42. The quantitative estimate of drug-likeness (QED) is 0.631. The number of hydrogen-bond acceptors (Lipinski definition) is 3. The number of Topliss-reactive ketones (excluding diaryl/α,β-unsaturated/α-hetero) is 1. The monoisotopic (exact) mass is 215 g/mol. The van der Waals surface area contributed by atoms with Crippen LogP contribution in [0.5, 0.6) is 0 Å². The number of ketones is 1. The van der Waals surface area contributed by atoms with Crippen molar-refractivity contribution in [2.45, 2.75) is 52.6 Å². The molecule has 0 bridgehead atoms. The van der Waals surface area contributed by atoms with Crippen LogP contribution in [0.15, 0.2) is 0 Å².